The first kappa shape index (κ1) is 12.4. The monoisotopic (exact) mass is 295 g/mol. The van der Waals surface area contributed by atoms with E-state index in [-0.39, 0.29) is 0 Å². The number of hydrogen-bond acceptors (Lipinski definition) is 4. The Morgan fingerprint density at radius 1 is 1.00 bits per heavy atom. The summed E-state index contributed by atoms with van der Waals surface area (Å²) < 4.78 is 2.15. The summed E-state index contributed by atoms with van der Waals surface area (Å²) in [5.41, 5.74) is 6.07. The fraction of sp³-hybridized carbons (Fsp3) is 0.0667. The number of nitrogens with zero attached hydrogens (tertiary/aromatic N) is 4. The average molecular weight is 295 g/mol. The smallest absolute Gasteiger partial charge is 0.125 e. The molecule has 21 heavy (non-hydrogen) atoms. The van der Waals surface area contributed by atoms with Crippen molar-refractivity contribution in [3.63, 3.8) is 0 Å². The zero-order valence-electron chi connectivity index (χ0n) is 11.3. The number of benzene rings is 2. The maximum atomic E-state index is 6.01. The lowest BCUT2D eigenvalue weighted by molar-refractivity contribution is 0.770. The summed E-state index contributed by atoms with van der Waals surface area (Å²) in [6.07, 6.45) is 0. The second kappa shape index (κ2) is 4.57. The molecule has 5 nitrogen and oxygen atoms in total. The maximum Gasteiger partial charge on any atom is 0.125 e. The molecule has 0 fully saturated rings. The first-order valence-electron chi connectivity index (χ1n) is 6.66. The Balaban J connectivity index is 2.11. The zero-order chi connectivity index (χ0) is 14.4. The van der Waals surface area contributed by atoms with Gasteiger partial charge in [0.2, 0.25) is 0 Å². The SMILES string of the molecule is Nn1nnc2c1-c1ccccc1CN(P)c1ccccc1-2. The van der Waals surface area contributed by atoms with Crippen molar-refractivity contribution in [3.8, 4) is 22.5 Å². The van der Waals surface area contributed by atoms with Gasteiger partial charge in [-0.1, -0.05) is 42.5 Å². The van der Waals surface area contributed by atoms with Crippen molar-refractivity contribution in [1.29, 1.82) is 0 Å². The second-order valence-electron chi connectivity index (χ2n) is 5.03. The van der Waals surface area contributed by atoms with Gasteiger partial charge in [-0.05, 0) is 26.2 Å². The molecule has 1 unspecified atom stereocenters. The number of hydrogen-bond donors (Lipinski definition) is 1. The van der Waals surface area contributed by atoms with Gasteiger partial charge in [-0.25, -0.2) is 0 Å². The number of fused-ring (bicyclic) bond motifs is 5. The summed E-state index contributed by atoms with van der Waals surface area (Å²) in [6, 6.07) is 16.4. The van der Waals surface area contributed by atoms with Crippen LogP contribution in [0.4, 0.5) is 5.69 Å². The summed E-state index contributed by atoms with van der Waals surface area (Å²) in [5.74, 6) is 6.01. The lowest BCUT2D eigenvalue weighted by Gasteiger charge is -2.25. The van der Waals surface area contributed by atoms with Crippen LogP contribution in [0.25, 0.3) is 22.5 Å². The third-order valence-corrected chi connectivity index (χ3v) is 4.24. The first-order valence-corrected chi connectivity index (χ1v) is 7.18. The van der Waals surface area contributed by atoms with Gasteiger partial charge < -0.3 is 10.5 Å². The summed E-state index contributed by atoms with van der Waals surface area (Å²) in [7, 11) is 2.78. The number of para-hydroxylation sites is 1. The zero-order valence-corrected chi connectivity index (χ0v) is 12.4. The molecular formula is C15H14N5P. The molecule has 0 aliphatic carbocycles. The molecule has 0 saturated heterocycles. The van der Waals surface area contributed by atoms with E-state index in [2.05, 4.69) is 42.6 Å². The van der Waals surface area contributed by atoms with Crippen LogP contribution in [0.5, 0.6) is 0 Å². The molecule has 1 aliphatic rings. The van der Waals surface area contributed by atoms with E-state index in [1.165, 1.54) is 10.4 Å². The maximum absolute atomic E-state index is 6.01. The molecular weight excluding hydrogens is 281 g/mol. The Morgan fingerprint density at radius 3 is 2.57 bits per heavy atom. The van der Waals surface area contributed by atoms with Gasteiger partial charge in [-0.15, -0.1) is 5.10 Å². The van der Waals surface area contributed by atoms with Crippen molar-refractivity contribution in [2.75, 3.05) is 10.5 Å². The van der Waals surface area contributed by atoms with Crippen LogP contribution in [0.3, 0.4) is 0 Å². The van der Waals surface area contributed by atoms with Gasteiger partial charge in [0.1, 0.15) is 11.4 Å². The molecule has 2 heterocycles. The molecule has 0 radical (unpaired) electrons. The van der Waals surface area contributed by atoms with Gasteiger partial charge in [-0.3, -0.25) is 0 Å². The Bertz CT molecular complexity index is 826. The van der Waals surface area contributed by atoms with Crippen molar-refractivity contribution in [2.45, 2.75) is 6.54 Å². The molecule has 2 aromatic carbocycles. The highest BCUT2D eigenvalue weighted by molar-refractivity contribution is 7.19. The van der Waals surface area contributed by atoms with Crippen LogP contribution in [-0.2, 0) is 6.54 Å². The number of rotatable bonds is 0. The van der Waals surface area contributed by atoms with E-state index in [0.29, 0.717) is 0 Å². The predicted octanol–water partition coefficient (Wildman–Crippen LogP) is 2.44. The highest BCUT2D eigenvalue weighted by Gasteiger charge is 2.24. The predicted molar refractivity (Wildman–Crippen MR) is 86.9 cm³/mol. The molecule has 6 heteroatoms. The molecule has 104 valence electrons. The number of anilines is 1. The largest absolute Gasteiger partial charge is 0.351 e. The Kier molecular flexibility index (Phi) is 2.69. The van der Waals surface area contributed by atoms with Crippen LogP contribution in [0.15, 0.2) is 48.5 Å². The molecule has 2 N–H and O–H groups in total. The third-order valence-electron chi connectivity index (χ3n) is 3.78. The lowest BCUT2D eigenvalue weighted by Crippen LogP contribution is -2.16. The van der Waals surface area contributed by atoms with Gasteiger partial charge in [0, 0.05) is 23.4 Å². The molecule has 1 aliphatic heterocycles. The summed E-state index contributed by atoms with van der Waals surface area (Å²) in [6.45, 7) is 0.780. The molecule has 4 rings (SSSR count). The van der Waals surface area contributed by atoms with Crippen LogP contribution in [-0.4, -0.2) is 15.1 Å². The third kappa shape index (κ3) is 1.82. The van der Waals surface area contributed by atoms with Crippen LogP contribution in [0.1, 0.15) is 5.56 Å². The fourth-order valence-corrected chi connectivity index (χ4v) is 3.23. The van der Waals surface area contributed by atoms with Crippen molar-refractivity contribution in [2.24, 2.45) is 0 Å². The van der Waals surface area contributed by atoms with Crippen molar-refractivity contribution in [1.82, 2.24) is 15.1 Å². The van der Waals surface area contributed by atoms with E-state index in [1.807, 2.05) is 30.3 Å². The summed E-state index contributed by atoms with van der Waals surface area (Å²) >= 11 is 0. The Morgan fingerprint density at radius 2 is 1.71 bits per heavy atom. The molecule has 0 amide bonds. The highest BCUT2D eigenvalue weighted by atomic mass is 31.0. The molecule has 0 bridgehead atoms. The van der Waals surface area contributed by atoms with E-state index in [0.717, 1.165) is 34.7 Å². The minimum absolute atomic E-state index is 0.780. The van der Waals surface area contributed by atoms with E-state index in [1.54, 1.807) is 0 Å². The second-order valence-corrected chi connectivity index (χ2v) is 5.66. The van der Waals surface area contributed by atoms with E-state index < -0.39 is 0 Å². The van der Waals surface area contributed by atoms with E-state index in [9.17, 15) is 0 Å². The van der Waals surface area contributed by atoms with Crippen molar-refractivity contribution in [3.05, 3.63) is 54.1 Å². The van der Waals surface area contributed by atoms with Crippen LogP contribution in [0, 0.1) is 0 Å². The Labute approximate surface area is 124 Å². The highest BCUT2D eigenvalue weighted by Crippen LogP contribution is 2.41. The van der Waals surface area contributed by atoms with Crippen LogP contribution >= 0.6 is 9.39 Å². The van der Waals surface area contributed by atoms with E-state index >= 15 is 0 Å². The normalized spacial score (nSPS) is 12.9. The molecule has 1 atom stereocenters. The molecule has 0 spiro atoms. The van der Waals surface area contributed by atoms with Gasteiger partial charge in [0.15, 0.2) is 0 Å². The summed E-state index contributed by atoms with van der Waals surface area (Å²) in [5, 5.41) is 8.31. The molecule has 3 aromatic rings. The summed E-state index contributed by atoms with van der Waals surface area (Å²) in [4.78, 5) is 1.36. The van der Waals surface area contributed by atoms with Crippen LogP contribution in [0.2, 0.25) is 0 Å². The topological polar surface area (TPSA) is 60.0 Å². The van der Waals surface area contributed by atoms with Gasteiger partial charge in [0.25, 0.3) is 0 Å². The minimum Gasteiger partial charge on any atom is -0.351 e. The molecule has 1 aromatic heterocycles. The van der Waals surface area contributed by atoms with Gasteiger partial charge in [0.05, 0.1) is 0 Å². The first-order chi connectivity index (χ1) is 10.3. The number of nitrogen functional groups attached to an aromatic ring is 1. The minimum atomic E-state index is 0.780. The van der Waals surface area contributed by atoms with Crippen LogP contribution < -0.4 is 10.5 Å². The van der Waals surface area contributed by atoms with Gasteiger partial charge >= 0.3 is 0 Å². The standard InChI is InChI=1S/C15H14N5P/c16-20-15-11-6-2-1-5-10(11)9-19(21)13-8-4-3-7-12(13)14(15)17-18-20/h1-8H,9,16,21H2. The Hall–Kier alpha value is -2.39. The molecule has 0 saturated carbocycles. The van der Waals surface area contributed by atoms with Crippen molar-refractivity contribution < 1.29 is 0 Å². The fourth-order valence-electron chi connectivity index (χ4n) is 2.81. The quantitative estimate of drug-likeness (QED) is 0.511. The lowest BCUT2D eigenvalue weighted by atomic mass is 9.97. The average Bonchev–Trinajstić information content (AvgIpc) is 2.88. The number of nitrogens with two attached hydrogens (primary N) is 1. The van der Waals surface area contributed by atoms with E-state index in [4.69, 9.17) is 5.84 Å². The van der Waals surface area contributed by atoms with Crippen molar-refractivity contribution >= 4 is 15.1 Å². The number of aromatic nitrogens is 3. The van der Waals surface area contributed by atoms with Gasteiger partial charge in [-0.2, -0.15) is 4.79 Å².